The van der Waals surface area contributed by atoms with E-state index in [4.69, 9.17) is 0 Å². The summed E-state index contributed by atoms with van der Waals surface area (Å²) in [6, 6.07) is 5.80. The number of hydrogen-bond donors (Lipinski definition) is 1. The molecule has 0 spiro atoms. The molecule has 0 aromatic heterocycles. The van der Waals surface area contributed by atoms with E-state index in [-0.39, 0.29) is 12.1 Å². The Balaban J connectivity index is 2.14. The summed E-state index contributed by atoms with van der Waals surface area (Å²) in [6.45, 7) is 0.0817. The van der Waals surface area contributed by atoms with Crippen LogP contribution in [0.25, 0.3) is 0 Å². The molecule has 0 aliphatic carbocycles. The van der Waals surface area contributed by atoms with Crippen molar-refractivity contribution in [1.82, 2.24) is 0 Å². The summed E-state index contributed by atoms with van der Waals surface area (Å²) in [4.78, 5) is 0. The quantitative estimate of drug-likeness (QED) is 0.638. The van der Waals surface area contributed by atoms with E-state index in [1.165, 1.54) is 18.2 Å². The Labute approximate surface area is 115 Å². The van der Waals surface area contributed by atoms with E-state index in [1.807, 2.05) is 0 Å². The lowest BCUT2D eigenvalue weighted by atomic mass is 10.2. The van der Waals surface area contributed by atoms with Crippen LogP contribution in [0.1, 0.15) is 5.56 Å². The van der Waals surface area contributed by atoms with Crippen molar-refractivity contribution in [2.45, 2.75) is 6.54 Å². The van der Waals surface area contributed by atoms with Gasteiger partial charge in [-0.1, -0.05) is 0 Å². The average molecular weight is 334 g/mol. The molecule has 0 aliphatic heterocycles. The summed E-state index contributed by atoms with van der Waals surface area (Å²) in [6.07, 6.45) is 0. The zero-order chi connectivity index (χ0) is 14.0. The maximum absolute atomic E-state index is 13.0. The van der Waals surface area contributed by atoms with E-state index in [0.29, 0.717) is 10.2 Å². The van der Waals surface area contributed by atoms with E-state index < -0.39 is 23.3 Å². The second kappa shape index (κ2) is 5.61. The summed E-state index contributed by atoms with van der Waals surface area (Å²) in [5.41, 5.74) is 0.805. The van der Waals surface area contributed by atoms with Crippen LogP contribution in [0.2, 0.25) is 0 Å². The van der Waals surface area contributed by atoms with Gasteiger partial charge in [0, 0.05) is 16.7 Å². The van der Waals surface area contributed by atoms with Crippen molar-refractivity contribution in [1.29, 1.82) is 0 Å². The minimum absolute atomic E-state index is 0.0817. The Morgan fingerprint density at radius 2 is 1.58 bits per heavy atom. The van der Waals surface area contributed by atoms with Gasteiger partial charge in [0.1, 0.15) is 5.82 Å². The fourth-order valence-electron chi connectivity index (χ4n) is 1.54. The Morgan fingerprint density at radius 3 is 2.16 bits per heavy atom. The van der Waals surface area contributed by atoms with Crippen LogP contribution < -0.4 is 5.32 Å². The molecule has 0 unspecified atom stereocenters. The molecular formula is C13H8BrF4N. The first kappa shape index (κ1) is 13.9. The molecular weight excluding hydrogens is 326 g/mol. The van der Waals surface area contributed by atoms with Crippen LogP contribution in [0.5, 0.6) is 0 Å². The fraction of sp³-hybridized carbons (Fsp3) is 0.0769. The van der Waals surface area contributed by atoms with Crippen molar-refractivity contribution < 1.29 is 17.6 Å². The van der Waals surface area contributed by atoms with Gasteiger partial charge in [0.2, 0.25) is 0 Å². The standard InChI is InChI=1S/C13H8BrF4N/c14-9-5-8(15)1-2-12(9)19-6-7-3-10(16)13(18)11(17)4-7/h1-5,19H,6H2. The molecule has 0 aliphatic rings. The van der Waals surface area contributed by atoms with Crippen molar-refractivity contribution in [2.24, 2.45) is 0 Å². The molecule has 6 heteroatoms. The Kier molecular flexibility index (Phi) is 4.09. The minimum Gasteiger partial charge on any atom is -0.380 e. The van der Waals surface area contributed by atoms with Crippen LogP contribution in [0.15, 0.2) is 34.8 Å². The molecule has 0 saturated heterocycles. The predicted octanol–water partition coefficient (Wildman–Crippen LogP) is 4.62. The molecule has 2 rings (SSSR count). The van der Waals surface area contributed by atoms with Gasteiger partial charge in [-0.2, -0.15) is 0 Å². The van der Waals surface area contributed by atoms with Crippen molar-refractivity contribution in [3.05, 3.63) is 63.6 Å². The Hall–Kier alpha value is -1.56. The van der Waals surface area contributed by atoms with E-state index >= 15 is 0 Å². The first-order chi connectivity index (χ1) is 8.97. The van der Waals surface area contributed by atoms with Gasteiger partial charge in [-0.15, -0.1) is 0 Å². The summed E-state index contributed by atoms with van der Waals surface area (Å²) in [5.74, 6) is -4.38. The molecule has 1 N–H and O–H groups in total. The largest absolute Gasteiger partial charge is 0.380 e. The highest BCUT2D eigenvalue weighted by molar-refractivity contribution is 9.10. The van der Waals surface area contributed by atoms with Gasteiger partial charge in [0.15, 0.2) is 17.5 Å². The van der Waals surface area contributed by atoms with Crippen molar-refractivity contribution in [2.75, 3.05) is 5.32 Å². The maximum Gasteiger partial charge on any atom is 0.194 e. The first-order valence-corrected chi connectivity index (χ1v) is 6.09. The van der Waals surface area contributed by atoms with E-state index in [2.05, 4.69) is 21.2 Å². The summed E-state index contributed by atoms with van der Waals surface area (Å²) in [5, 5.41) is 2.86. The highest BCUT2D eigenvalue weighted by Gasteiger charge is 2.10. The molecule has 0 amide bonds. The molecule has 0 bridgehead atoms. The third-order valence-electron chi connectivity index (χ3n) is 2.46. The number of nitrogens with one attached hydrogen (secondary N) is 1. The molecule has 2 aromatic carbocycles. The van der Waals surface area contributed by atoms with Gasteiger partial charge in [-0.3, -0.25) is 0 Å². The summed E-state index contributed by atoms with van der Waals surface area (Å²) >= 11 is 3.15. The van der Waals surface area contributed by atoms with Gasteiger partial charge in [-0.25, -0.2) is 17.6 Å². The molecule has 19 heavy (non-hydrogen) atoms. The molecule has 0 saturated carbocycles. The number of halogens is 5. The van der Waals surface area contributed by atoms with Crippen LogP contribution in [0, 0.1) is 23.3 Å². The topological polar surface area (TPSA) is 12.0 Å². The average Bonchev–Trinajstić information content (AvgIpc) is 2.34. The number of benzene rings is 2. The first-order valence-electron chi connectivity index (χ1n) is 5.29. The molecule has 100 valence electrons. The van der Waals surface area contributed by atoms with E-state index in [9.17, 15) is 17.6 Å². The SMILES string of the molecule is Fc1ccc(NCc2cc(F)c(F)c(F)c2)c(Br)c1. The Bertz CT molecular complexity index is 593. The summed E-state index contributed by atoms with van der Waals surface area (Å²) < 4.78 is 52.1. The van der Waals surface area contributed by atoms with Gasteiger partial charge >= 0.3 is 0 Å². The minimum atomic E-state index is -1.49. The second-order valence-electron chi connectivity index (χ2n) is 3.85. The van der Waals surface area contributed by atoms with Gasteiger partial charge in [-0.05, 0) is 51.8 Å². The van der Waals surface area contributed by atoms with E-state index in [1.54, 1.807) is 0 Å². The highest BCUT2D eigenvalue weighted by atomic mass is 79.9. The molecule has 1 nitrogen and oxygen atoms in total. The zero-order valence-corrected chi connectivity index (χ0v) is 11.1. The van der Waals surface area contributed by atoms with E-state index in [0.717, 1.165) is 12.1 Å². The fourth-order valence-corrected chi connectivity index (χ4v) is 2.03. The highest BCUT2D eigenvalue weighted by Crippen LogP contribution is 2.24. The lowest BCUT2D eigenvalue weighted by Crippen LogP contribution is -2.03. The van der Waals surface area contributed by atoms with Crippen LogP contribution in [-0.2, 0) is 6.54 Å². The van der Waals surface area contributed by atoms with Crippen molar-refractivity contribution >= 4 is 21.6 Å². The second-order valence-corrected chi connectivity index (χ2v) is 4.71. The summed E-state index contributed by atoms with van der Waals surface area (Å²) in [7, 11) is 0. The molecule has 0 radical (unpaired) electrons. The third kappa shape index (κ3) is 3.26. The monoisotopic (exact) mass is 333 g/mol. The molecule has 0 fully saturated rings. The van der Waals surface area contributed by atoms with Crippen molar-refractivity contribution in [3.63, 3.8) is 0 Å². The molecule has 0 heterocycles. The smallest absolute Gasteiger partial charge is 0.194 e. The van der Waals surface area contributed by atoms with Crippen LogP contribution >= 0.6 is 15.9 Å². The van der Waals surface area contributed by atoms with Crippen LogP contribution in [0.3, 0.4) is 0 Å². The zero-order valence-electron chi connectivity index (χ0n) is 9.48. The number of rotatable bonds is 3. The van der Waals surface area contributed by atoms with Crippen LogP contribution in [-0.4, -0.2) is 0 Å². The lowest BCUT2D eigenvalue weighted by molar-refractivity contribution is 0.445. The van der Waals surface area contributed by atoms with Gasteiger partial charge in [0.25, 0.3) is 0 Å². The predicted molar refractivity (Wildman–Crippen MR) is 67.7 cm³/mol. The van der Waals surface area contributed by atoms with Crippen molar-refractivity contribution in [3.8, 4) is 0 Å². The molecule has 0 atom stereocenters. The van der Waals surface area contributed by atoms with Gasteiger partial charge in [0.05, 0.1) is 0 Å². The number of hydrogen-bond acceptors (Lipinski definition) is 1. The number of anilines is 1. The Morgan fingerprint density at radius 1 is 0.947 bits per heavy atom. The maximum atomic E-state index is 13.0. The normalized spacial score (nSPS) is 10.6. The van der Waals surface area contributed by atoms with Crippen LogP contribution in [0.4, 0.5) is 23.2 Å². The third-order valence-corrected chi connectivity index (χ3v) is 3.11. The molecule has 2 aromatic rings. The lowest BCUT2D eigenvalue weighted by Gasteiger charge is -2.09. The van der Waals surface area contributed by atoms with Gasteiger partial charge < -0.3 is 5.32 Å².